The Kier molecular flexibility index (Phi) is 6.86. The van der Waals surface area contributed by atoms with Gasteiger partial charge in [-0.3, -0.25) is 0 Å². The Bertz CT molecular complexity index is 1300. The number of hydrogen-bond donors (Lipinski definition) is 2. The van der Waals surface area contributed by atoms with Gasteiger partial charge in [0.15, 0.2) is 0 Å². The van der Waals surface area contributed by atoms with Crippen molar-refractivity contribution in [1.82, 2.24) is 14.6 Å². The van der Waals surface area contributed by atoms with Crippen molar-refractivity contribution >= 4 is 21.7 Å². The van der Waals surface area contributed by atoms with E-state index in [1.54, 1.807) is 6.20 Å². The number of benzene rings is 1. The number of nitrogens with zero attached hydrogens (tertiary/aromatic N) is 2. The van der Waals surface area contributed by atoms with Gasteiger partial charge in [0.25, 0.3) is 5.92 Å². The van der Waals surface area contributed by atoms with Crippen molar-refractivity contribution in [1.29, 1.82) is 0 Å². The van der Waals surface area contributed by atoms with Gasteiger partial charge in [0, 0.05) is 43.8 Å². The van der Waals surface area contributed by atoms with Crippen LogP contribution in [0.15, 0.2) is 24.4 Å². The molecule has 5 rings (SSSR count). The Labute approximate surface area is 215 Å². The first-order valence-electron chi connectivity index (χ1n) is 12.7. The van der Waals surface area contributed by atoms with Crippen molar-refractivity contribution in [2.75, 3.05) is 25.5 Å². The average Bonchev–Trinajstić information content (AvgIpc) is 3.27. The van der Waals surface area contributed by atoms with E-state index in [-0.39, 0.29) is 6.10 Å². The standard InChI is InChI=1S/C26H32F2N4O4S/c1-16-12-17-4-3-5-21(17)24(30-25(33)31-37(34,35)20-14-26(27,28)15-20)23(16)18-6-9-29-22(13-18)36-19-7-10-32(2)11-8-19/h6,9,12-13,19-20H,3-5,7-8,10-11,14-15H2,1-2H3,(H2,30,31,33). The maximum atomic E-state index is 13.2. The zero-order chi connectivity index (χ0) is 26.4. The number of fused-ring (bicyclic) bond motifs is 1. The van der Waals surface area contributed by atoms with E-state index in [1.165, 1.54) is 0 Å². The highest BCUT2D eigenvalue weighted by Crippen LogP contribution is 2.42. The van der Waals surface area contributed by atoms with Crippen LogP contribution in [0, 0.1) is 6.92 Å². The Morgan fingerprint density at radius 2 is 1.92 bits per heavy atom. The number of sulfonamides is 1. The quantitative estimate of drug-likeness (QED) is 0.574. The van der Waals surface area contributed by atoms with Gasteiger partial charge in [-0.2, -0.15) is 0 Å². The summed E-state index contributed by atoms with van der Waals surface area (Å²) in [5.74, 6) is -2.51. The molecule has 3 aliphatic rings. The van der Waals surface area contributed by atoms with Crippen molar-refractivity contribution in [3.05, 3.63) is 41.1 Å². The number of carbonyl (C=O) groups excluding carboxylic acids is 1. The van der Waals surface area contributed by atoms with Crippen LogP contribution in [-0.4, -0.2) is 61.7 Å². The molecule has 1 aliphatic heterocycles. The zero-order valence-corrected chi connectivity index (χ0v) is 21.8. The van der Waals surface area contributed by atoms with Crippen LogP contribution in [0.1, 0.15) is 48.8 Å². The van der Waals surface area contributed by atoms with Gasteiger partial charge in [0.1, 0.15) is 6.10 Å². The van der Waals surface area contributed by atoms with Gasteiger partial charge in [-0.1, -0.05) is 6.07 Å². The molecule has 2 aromatic rings. The van der Waals surface area contributed by atoms with E-state index < -0.39 is 40.1 Å². The maximum Gasteiger partial charge on any atom is 0.332 e. The topological polar surface area (TPSA) is 101 Å². The largest absolute Gasteiger partial charge is 0.474 e. The summed E-state index contributed by atoms with van der Waals surface area (Å²) in [7, 11) is -2.13. The molecule has 0 spiro atoms. The number of likely N-dealkylation sites (tertiary alicyclic amines) is 1. The predicted octanol–water partition coefficient (Wildman–Crippen LogP) is 4.27. The van der Waals surface area contributed by atoms with Gasteiger partial charge >= 0.3 is 6.03 Å². The molecule has 2 amide bonds. The smallest absolute Gasteiger partial charge is 0.332 e. The van der Waals surface area contributed by atoms with E-state index in [0.29, 0.717) is 11.6 Å². The number of anilines is 1. The van der Waals surface area contributed by atoms with Crippen molar-refractivity contribution in [2.45, 2.75) is 69.1 Å². The Hall–Kier alpha value is -2.79. The van der Waals surface area contributed by atoms with E-state index >= 15 is 0 Å². The summed E-state index contributed by atoms with van der Waals surface area (Å²) < 4.78 is 59.5. The number of rotatable bonds is 6. The summed E-state index contributed by atoms with van der Waals surface area (Å²) in [6, 6.07) is 4.83. The predicted molar refractivity (Wildman–Crippen MR) is 137 cm³/mol. The molecule has 200 valence electrons. The molecule has 0 radical (unpaired) electrons. The second-order valence-electron chi connectivity index (χ2n) is 10.4. The number of alkyl halides is 2. The number of aromatic nitrogens is 1. The highest BCUT2D eigenvalue weighted by Gasteiger charge is 2.52. The van der Waals surface area contributed by atoms with Crippen molar-refractivity contribution in [3.63, 3.8) is 0 Å². The van der Waals surface area contributed by atoms with Crippen LogP contribution in [0.5, 0.6) is 5.88 Å². The molecular formula is C26H32F2N4O4S. The fourth-order valence-corrected chi connectivity index (χ4v) is 6.89. The first-order valence-corrected chi connectivity index (χ1v) is 14.2. The van der Waals surface area contributed by atoms with Crippen LogP contribution in [-0.2, 0) is 22.9 Å². The first-order chi connectivity index (χ1) is 17.5. The second-order valence-corrected chi connectivity index (χ2v) is 12.4. The van der Waals surface area contributed by atoms with Crippen LogP contribution >= 0.6 is 0 Å². The lowest BCUT2D eigenvalue weighted by atomic mass is 9.93. The van der Waals surface area contributed by atoms with Gasteiger partial charge in [-0.15, -0.1) is 0 Å². The molecule has 0 unspecified atom stereocenters. The van der Waals surface area contributed by atoms with Gasteiger partial charge in [0.05, 0.1) is 10.9 Å². The third-order valence-electron chi connectivity index (χ3n) is 7.54. The molecule has 11 heteroatoms. The third kappa shape index (κ3) is 5.57. The summed E-state index contributed by atoms with van der Waals surface area (Å²) in [6.07, 6.45) is 4.53. The van der Waals surface area contributed by atoms with Crippen molar-refractivity contribution < 1.29 is 26.7 Å². The van der Waals surface area contributed by atoms with E-state index in [1.807, 2.05) is 23.8 Å². The molecule has 0 atom stereocenters. The summed E-state index contributed by atoms with van der Waals surface area (Å²) in [5, 5.41) is 1.47. The Morgan fingerprint density at radius 3 is 2.62 bits per heavy atom. The SMILES string of the molecule is Cc1cc2c(c(NC(=O)NS(=O)(=O)C3CC(F)(F)C3)c1-c1ccnc(OC3CCN(C)CC3)c1)CCC2. The Morgan fingerprint density at radius 1 is 1.19 bits per heavy atom. The number of hydrogen-bond acceptors (Lipinski definition) is 6. The molecule has 1 saturated carbocycles. The zero-order valence-electron chi connectivity index (χ0n) is 21.0. The lowest BCUT2D eigenvalue weighted by Gasteiger charge is -2.34. The van der Waals surface area contributed by atoms with Gasteiger partial charge in [-0.05, 0) is 74.4 Å². The molecule has 1 aromatic heterocycles. The van der Waals surface area contributed by atoms with Crippen molar-refractivity contribution in [2.24, 2.45) is 0 Å². The molecule has 37 heavy (non-hydrogen) atoms. The first kappa shape index (κ1) is 25.8. The number of urea groups is 1. The van der Waals surface area contributed by atoms with E-state index in [9.17, 15) is 22.0 Å². The van der Waals surface area contributed by atoms with Crippen LogP contribution in [0.2, 0.25) is 0 Å². The highest BCUT2D eigenvalue weighted by molar-refractivity contribution is 7.90. The lowest BCUT2D eigenvalue weighted by molar-refractivity contribution is -0.0687. The molecule has 2 N–H and O–H groups in total. The monoisotopic (exact) mass is 534 g/mol. The number of pyridine rings is 1. The number of piperidine rings is 1. The molecule has 2 heterocycles. The summed E-state index contributed by atoms with van der Waals surface area (Å²) in [4.78, 5) is 19.5. The van der Waals surface area contributed by atoms with E-state index in [4.69, 9.17) is 4.74 Å². The van der Waals surface area contributed by atoms with E-state index in [2.05, 4.69) is 28.3 Å². The summed E-state index contributed by atoms with van der Waals surface area (Å²) >= 11 is 0. The molecule has 8 nitrogen and oxygen atoms in total. The maximum absolute atomic E-state index is 13.2. The van der Waals surface area contributed by atoms with Crippen LogP contribution in [0.3, 0.4) is 0 Å². The molecular weight excluding hydrogens is 502 g/mol. The van der Waals surface area contributed by atoms with E-state index in [0.717, 1.165) is 73.0 Å². The molecule has 2 aliphatic carbocycles. The fraction of sp³-hybridized carbons (Fsp3) is 0.538. The third-order valence-corrected chi connectivity index (χ3v) is 9.22. The van der Waals surface area contributed by atoms with Crippen LogP contribution in [0.4, 0.5) is 19.3 Å². The molecule has 0 bridgehead atoms. The number of amides is 2. The number of ether oxygens (including phenoxy) is 1. The fourth-order valence-electron chi connectivity index (χ4n) is 5.48. The van der Waals surface area contributed by atoms with Gasteiger partial charge in [-0.25, -0.2) is 31.7 Å². The molecule has 2 fully saturated rings. The number of nitrogens with one attached hydrogen (secondary N) is 2. The van der Waals surface area contributed by atoms with Gasteiger partial charge < -0.3 is 15.0 Å². The molecule has 1 aromatic carbocycles. The number of halogens is 2. The lowest BCUT2D eigenvalue weighted by Crippen LogP contribution is -2.51. The second kappa shape index (κ2) is 9.83. The minimum absolute atomic E-state index is 0.0764. The number of carbonyl (C=O) groups is 1. The minimum atomic E-state index is -4.22. The van der Waals surface area contributed by atoms with Crippen LogP contribution in [0.25, 0.3) is 11.1 Å². The van der Waals surface area contributed by atoms with Crippen LogP contribution < -0.4 is 14.8 Å². The molecule has 1 saturated heterocycles. The number of aryl methyl sites for hydroxylation is 2. The average molecular weight is 535 g/mol. The summed E-state index contributed by atoms with van der Waals surface area (Å²) in [6.45, 7) is 3.86. The minimum Gasteiger partial charge on any atom is -0.474 e. The van der Waals surface area contributed by atoms with Gasteiger partial charge in [0.2, 0.25) is 15.9 Å². The normalized spacial score (nSPS) is 20.2. The van der Waals surface area contributed by atoms with Crippen molar-refractivity contribution in [3.8, 4) is 17.0 Å². The Balaban J connectivity index is 1.41. The highest BCUT2D eigenvalue weighted by atomic mass is 32.2. The summed E-state index contributed by atoms with van der Waals surface area (Å²) in [5.41, 5.74) is 5.08.